The molecule has 0 aliphatic heterocycles. The lowest BCUT2D eigenvalue weighted by atomic mass is 10.1. The van der Waals surface area contributed by atoms with Gasteiger partial charge < -0.3 is 9.72 Å². The normalized spacial score (nSPS) is 11.3. The van der Waals surface area contributed by atoms with Crippen molar-refractivity contribution in [2.45, 2.75) is 40.0 Å². The number of carbonyl (C=O) groups is 1. The molecular weight excluding hydrogens is 428 g/mol. The number of thiophene rings is 1. The van der Waals surface area contributed by atoms with Gasteiger partial charge in [0, 0.05) is 29.0 Å². The summed E-state index contributed by atoms with van der Waals surface area (Å²) >= 11 is 1.64. The second kappa shape index (κ2) is 9.84. The molecule has 1 N–H and O–H groups in total. The van der Waals surface area contributed by atoms with E-state index in [1.54, 1.807) is 18.3 Å². The highest BCUT2D eigenvalue weighted by molar-refractivity contribution is 7.09. The number of hydrogen-bond donors (Lipinski definition) is 1. The zero-order valence-corrected chi connectivity index (χ0v) is 18.8. The van der Waals surface area contributed by atoms with Crippen molar-refractivity contribution >= 4 is 28.2 Å². The van der Waals surface area contributed by atoms with E-state index in [-0.39, 0.29) is 12.1 Å². The Balaban J connectivity index is 1.60. The van der Waals surface area contributed by atoms with Gasteiger partial charge in [-0.05, 0) is 58.8 Å². The van der Waals surface area contributed by atoms with Crippen LogP contribution in [0, 0.1) is 6.92 Å². The number of nitrogens with one attached hydrogen (secondary N) is 1. The molecule has 0 atom stereocenters. The molecule has 32 heavy (non-hydrogen) atoms. The summed E-state index contributed by atoms with van der Waals surface area (Å²) in [5.41, 5.74) is 2.45. The first-order valence-electron chi connectivity index (χ1n) is 10.3. The molecule has 0 spiro atoms. The summed E-state index contributed by atoms with van der Waals surface area (Å²) in [5, 5.41) is 14.7. The van der Waals surface area contributed by atoms with Crippen LogP contribution in [0.4, 0.5) is 0 Å². The van der Waals surface area contributed by atoms with Gasteiger partial charge in [0.1, 0.15) is 6.54 Å². The van der Waals surface area contributed by atoms with Gasteiger partial charge in [-0.1, -0.05) is 18.2 Å². The van der Waals surface area contributed by atoms with Crippen molar-refractivity contribution < 1.29 is 9.53 Å². The third kappa shape index (κ3) is 5.27. The topological polar surface area (TPSA) is 106 Å². The molecule has 0 aliphatic carbocycles. The van der Waals surface area contributed by atoms with E-state index in [1.165, 1.54) is 4.68 Å². The van der Waals surface area contributed by atoms with Gasteiger partial charge in [-0.3, -0.25) is 14.5 Å². The largest absolute Gasteiger partial charge is 0.465 e. The fourth-order valence-corrected chi connectivity index (χ4v) is 4.24. The number of nitrogens with zero attached hydrogens (tertiary/aromatic N) is 5. The first-order chi connectivity index (χ1) is 15.5. The van der Waals surface area contributed by atoms with Gasteiger partial charge in [0.25, 0.3) is 5.56 Å². The Bertz CT molecular complexity index is 1260. The Labute approximate surface area is 188 Å². The number of carbonyl (C=O) groups excluding carboxylic acids is 1. The van der Waals surface area contributed by atoms with Crippen LogP contribution in [0.15, 0.2) is 46.6 Å². The van der Waals surface area contributed by atoms with Crippen molar-refractivity contribution in [1.29, 1.82) is 0 Å². The van der Waals surface area contributed by atoms with Crippen LogP contribution in [0.2, 0.25) is 0 Å². The fourth-order valence-electron chi connectivity index (χ4n) is 3.50. The molecule has 0 saturated heterocycles. The van der Waals surface area contributed by atoms with Gasteiger partial charge in [0.15, 0.2) is 5.82 Å². The summed E-state index contributed by atoms with van der Waals surface area (Å²) in [7, 11) is 0. The van der Waals surface area contributed by atoms with Crippen molar-refractivity contribution in [3.05, 3.63) is 74.0 Å². The molecule has 3 heterocycles. The number of hydrogen-bond acceptors (Lipinski definition) is 8. The Morgan fingerprint density at radius 1 is 1.22 bits per heavy atom. The average Bonchev–Trinajstić information content (AvgIpc) is 3.41. The Hall–Kier alpha value is -3.37. The first-order valence-corrected chi connectivity index (χ1v) is 11.2. The lowest BCUT2D eigenvalue weighted by Gasteiger charge is -2.21. The van der Waals surface area contributed by atoms with Crippen molar-refractivity contribution in [2.24, 2.45) is 0 Å². The van der Waals surface area contributed by atoms with Gasteiger partial charge in [-0.15, -0.1) is 16.4 Å². The maximum absolute atomic E-state index is 12.8. The molecule has 0 unspecified atom stereocenters. The average molecular weight is 453 g/mol. The van der Waals surface area contributed by atoms with Crippen LogP contribution >= 0.6 is 11.3 Å². The molecule has 3 aromatic heterocycles. The van der Waals surface area contributed by atoms with Crippen LogP contribution in [0.3, 0.4) is 0 Å². The molecule has 0 amide bonds. The summed E-state index contributed by atoms with van der Waals surface area (Å²) in [6, 6.07) is 12.0. The van der Waals surface area contributed by atoms with Gasteiger partial charge in [0.05, 0.1) is 13.2 Å². The number of aromatic nitrogens is 5. The van der Waals surface area contributed by atoms with E-state index >= 15 is 0 Å². The first kappa shape index (κ1) is 21.8. The number of aryl methyl sites for hydroxylation is 1. The second-order valence-electron chi connectivity index (χ2n) is 7.50. The molecular formula is C22H24N6O3S. The number of benzene rings is 1. The summed E-state index contributed by atoms with van der Waals surface area (Å²) in [5.74, 6) is 0.134. The molecule has 0 aliphatic rings. The summed E-state index contributed by atoms with van der Waals surface area (Å²) < 4.78 is 6.45. The molecule has 1 aromatic carbocycles. The smallest absolute Gasteiger partial charge is 0.327 e. The number of aromatic amines is 1. The number of ether oxygens (including phenoxy) is 1. The maximum atomic E-state index is 12.8. The van der Waals surface area contributed by atoms with Gasteiger partial charge in [-0.25, -0.2) is 4.68 Å². The number of esters is 1. The molecule has 9 nitrogen and oxygen atoms in total. The third-order valence-corrected chi connectivity index (χ3v) is 5.85. The van der Waals surface area contributed by atoms with E-state index < -0.39 is 5.97 Å². The van der Waals surface area contributed by atoms with E-state index in [0.717, 1.165) is 21.3 Å². The zero-order chi connectivity index (χ0) is 22.5. The molecule has 4 aromatic rings. The van der Waals surface area contributed by atoms with E-state index in [0.29, 0.717) is 37.6 Å². The van der Waals surface area contributed by atoms with E-state index in [2.05, 4.69) is 25.4 Å². The second-order valence-corrected chi connectivity index (χ2v) is 8.53. The van der Waals surface area contributed by atoms with Crippen LogP contribution in [-0.4, -0.2) is 42.7 Å². The van der Waals surface area contributed by atoms with Crippen molar-refractivity contribution in [1.82, 2.24) is 30.1 Å². The van der Waals surface area contributed by atoms with Crippen molar-refractivity contribution in [3.8, 4) is 0 Å². The van der Waals surface area contributed by atoms with E-state index in [4.69, 9.17) is 4.74 Å². The SMILES string of the molecule is CCOC(=O)Cn1nnnc1CN(Cc1cccs1)Cc1cc2ccc(C)cc2[nH]c1=O. The zero-order valence-electron chi connectivity index (χ0n) is 17.9. The summed E-state index contributed by atoms with van der Waals surface area (Å²) in [6.45, 7) is 5.39. The summed E-state index contributed by atoms with van der Waals surface area (Å²) in [4.78, 5) is 30.9. The number of rotatable bonds is 9. The van der Waals surface area contributed by atoms with Crippen LogP contribution in [0.5, 0.6) is 0 Å². The van der Waals surface area contributed by atoms with Crippen molar-refractivity contribution in [3.63, 3.8) is 0 Å². The molecule has 4 rings (SSSR count). The quantitative estimate of drug-likeness (QED) is 0.389. The van der Waals surface area contributed by atoms with Gasteiger partial charge in [-0.2, -0.15) is 0 Å². The molecule has 0 radical (unpaired) electrons. The highest BCUT2D eigenvalue weighted by atomic mass is 32.1. The Morgan fingerprint density at radius 2 is 2.09 bits per heavy atom. The molecule has 166 valence electrons. The van der Waals surface area contributed by atoms with E-state index in [9.17, 15) is 9.59 Å². The van der Waals surface area contributed by atoms with Crippen molar-refractivity contribution in [2.75, 3.05) is 6.61 Å². The predicted octanol–water partition coefficient (Wildman–Crippen LogP) is 2.65. The van der Waals surface area contributed by atoms with Gasteiger partial charge in [0.2, 0.25) is 0 Å². The predicted molar refractivity (Wildman–Crippen MR) is 121 cm³/mol. The lowest BCUT2D eigenvalue weighted by molar-refractivity contribution is -0.144. The van der Waals surface area contributed by atoms with Crippen LogP contribution in [0.25, 0.3) is 10.9 Å². The third-order valence-electron chi connectivity index (χ3n) is 4.99. The number of pyridine rings is 1. The summed E-state index contributed by atoms with van der Waals surface area (Å²) in [6.07, 6.45) is 0. The molecule has 10 heteroatoms. The molecule has 0 bridgehead atoms. The van der Waals surface area contributed by atoms with Gasteiger partial charge >= 0.3 is 5.97 Å². The maximum Gasteiger partial charge on any atom is 0.327 e. The minimum atomic E-state index is -0.396. The minimum absolute atomic E-state index is 0.0566. The molecule has 0 saturated carbocycles. The van der Waals surface area contributed by atoms with E-state index in [1.807, 2.05) is 48.7 Å². The van der Waals surface area contributed by atoms with Crippen LogP contribution in [-0.2, 0) is 35.7 Å². The lowest BCUT2D eigenvalue weighted by Crippen LogP contribution is -2.28. The number of H-pyrrole nitrogens is 1. The number of tetrazole rings is 1. The number of fused-ring (bicyclic) bond motifs is 1. The molecule has 0 fully saturated rings. The Kier molecular flexibility index (Phi) is 6.72. The fraction of sp³-hybridized carbons (Fsp3) is 0.318. The van der Waals surface area contributed by atoms with Crippen LogP contribution in [0.1, 0.15) is 28.8 Å². The minimum Gasteiger partial charge on any atom is -0.465 e. The highest BCUT2D eigenvalue weighted by Gasteiger charge is 2.17. The monoisotopic (exact) mass is 452 g/mol. The highest BCUT2D eigenvalue weighted by Crippen LogP contribution is 2.18. The Morgan fingerprint density at radius 3 is 2.88 bits per heavy atom. The standard InChI is InChI=1S/C22H24N6O3S/c1-3-31-21(29)14-28-20(24-25-26-28)13-27(12-18-5-4-8-32-18)11-17-10-16-7-6-15(2)9-19(16)23-22(17)30/h4-10H,3,11-14H2,1-2H3,(H,23,30). The van der Waals surface area contributed by atoms with Crippen LogP contribution < -0.4 is 5.56 Å².